The molecule has 0 unspecified atom stereocenters. The van der Waals surface area contributed by atoms with Crippen LogP contribution < -0.4 is 102 Å². The van der Waals surface area contributed by atoms with Crippen LogP contribution in [0.3, 0.4) is 0 Å². The fourth-order valence-electron chi connectivity index (χ4n) is 13.0. The van der Waals surface area contributed by atoms with Gasteiger partial charge in [-0.1, -0.05) is 72.8 Å². The van der Waals surface area contributed by atoms with Crippen molar-refractivity contribution in [1.82, 2.24) is 84.7 Å². The van der Waals surface area contributed by atoms with Crippen LogP contribution in [0.1, 0.15) is 137 Å². The van der Waals surface area contributed by atoms with Gasteiger partial charge in [-0.25, -0.2) is 0 Å². The Hall–Kier alpha value is -12.9. The molecule has 0 saturated carbocycles. The highest BCUT2D eigenvalue weighted by Gasteiger charge is 2.44. The summed E-state index contributed by atoms with van der Waals surface area (Å²) in [6.07, 6.45) is -5.02. The number of thiol groups is 2. The number of aromatic nitrogens is 1. The molecule has 0 saturated heterocycles. The molecule has 12 atom stereocenters. The second-order valence-corrected chi connectivity index (χ2v) is 33.9. The van der Waals surface area contributed by atoms with Crippen molar-refractivity contribution < 1.29 is 106 Å². The third-order valence-electron chi connectivity index (χ3n) is 19.6. The molecule has 0 aliphatic rings. The summed E-state index contributed by atoms with van der Waals surface area (Å²) in [5.41, 5.74) is 15.8. The van der Waals surface area contributed by atoms with Gasteiger partial charge >= 0.3 is 5.97 Å². The molecule has 24 N–H and O–H groups in total. The van der Waals surface area contributed by atoms with E-state index in [4.69, 9.17) is 34.6 Å². The number of aromatic amines is 1. The van der Waals surface area contributed by atoms with Crippen molar-refractivity contribution in [3.8, 4) is 5.75 Å². The normalized spacial score (nSPS) is 14.4. The van der Waals surface area contributed by atoms with E-state index in [0.29, 0.717) is 38.7 Å². The fourth-order valence-corrected chi connectivity index (χ4v) is 13.3. The number of nitrogens with one attached hydrogen (secondary N) is 16. The van der Waals surface area contributed by atoms with E-state index in [1.54, 1.807) is 60.7 Å². The topological polar surface area (TPSA) is 648 Å². The lowest BCUT2D eigenvalue weighted by Gasteiger charge is -2.34. The minimum absolute atomic E-state index is 0.0299. The first-order chi connectivity index (χ1) is 59.0. The van der Waals surface area contributed by atoms with Gasteiger partial charge in [0.1, 0.15) is 78.3 Å². The lowest BCUT2D eigenvalue weighted by molar-refractivity contribution is -0.140. The van der Waals surface area contributed by atoms with Gasteiger partial charge in [0.2, 0.25) is 106 Å². The Morgan fingerprint density at radius 2 is 0.960 bits per heavy atom. The van der Waals surface area contributed by atoms with Crippen LogP contribution in [0.2, 0.25) is 0 Å². The number of carbonyl (C=O) groups is 19. The van der Waals surface area contributed by atoms with Crippen LogP contribution in [0.4, 0.5) is 0 Å². The molecule has 0 spiro atoms. The van der Waals surface area contributed by atoms with E-state index < -0.39 is 246 Å². The molecule has 41 nitrogen and oxygen atoms in total. The van der Waals surface area contributed by atoms with Gasteiger partial charge < -0.3 is 117 Å². The molecule has 5 rings (SSSR count). The van der Waals surface area contributed by atoms with Crippen molar-refractivity contribution >= 4 is 159 Å². The highest BCUT2D eigenvalue weighted by molar-refractivity contribution is 7.82. The van der Waals surface area contributed by atoms with Gasteiger partial charge in [-0.3, -0.25) is 91.1 Å². The third kappa shape index (κ3) is 35.0. The van der Waals surface area contributed by atoms with Crippen molar-refractivity contribution in [3.63, 3.8) is 0 Å². The molecule has 126 heavy (non-hydrogen) atoms. The maximum atomic E-state index is 15.7. The summed E-state index contributed by atoms with van der Waals surface area (Å²) in [5.74, 6) is -18.6. The van der Waals surface area contributed by atoms with Gasteiger partial charge in [0, 0.05) is 99.5 Å². The number of nitrogens with two attached hydrogens (primary N) is 3. The zero-order chi connectivity index (χ0) is 94.1. The molecular formula is C83H115N19O22S2. The van der Waals surface area contributed by atoms with Crippen molar-refractivity contribution in [2.45, 2.75) is 221 Å². The van der Waals surface area contributed by atoms with E-state index in [0.717, 1.165) is 26.2 Å². The monoisotopic (exact) mass is 1790 g/mol. The van der Waals surface area contributed by atoms with Crippen LogP contribution in [0.5, 0.6) is 5.75 Å². The number of carboxylic acids is 1. The zero-order valence-corrected chi connectivity index (χ0v) is 73.4. The summed E-state index contributed by atoms with van der Waals surface area (Å²) in [6, 6.07) is 7.53. The highest BCUT2D eigenvalue weighted by Crippen LogP contribution is 2.25. The number of ether oxygens (including phenoxy) is 1. The SMILES string of the molecule is CC(=O)NCCCC[C@](C)(NC(=O)[C@H](Cc1ccc2ccccc2c1)NC(=O)[C@H](Cc1ccc(OCCNC(C)=O)cc1)NC(=O)[C@@H](NC(=O)[C@H](CCC(N)=O)NC(=O)[C@H](Cc1c[nH]c2ccccc12)NC(=O)[C@@H](NC(=O)[C@H](CNC(C)=O)NC(=O)[C@@H](NC(C)=O)C(C)(C)S)[C@@H](C)O)C(C)(C)S)C(=O)N[C@@H](CCC(=O)O)C(=O)N[C@@H](CC(N)=O)C(=O)NCC(N)=O. The Morgan fingerprint density at radius 3 is 1.55 bits per heavy atom. The Bertz CT molecular complexity index is 4780. The summed E-state index contributed by atoms with van der Waals surface area (Å²) in [7, 11) is 0. The molecule has 0 aliphatic carbocycles. The van der Waals surface area contributed by atoms with E-state index in [-0.39, 0.29) is 51.3 Å². The number of amides is 18. The minimum Gasteiger partial charge on any atom is -0.492 e. The summed E-state index contributed by atoms with van der Waals surface area (Å²) in [5, 5.41) is 60.6. The molecule has 1 heterocycles. The van der Waals surface area contributed by atoms with Crippen LogP contribution >= 0.6 is 25.3 Å². The Kier molecular flexibility index (Phi) is 40.3. The van der Waals surface area contributed by atoms with E-state index >= 15 is 28.8 Å². The van der Waals surface area contributed by atoms with Crippen LogP contribution in [-0.2, 0) is 110 Å². The van der Waals surface area contributed by atoms with Crippen molar-refractivity contribution in [1.29, 1.82) is 0 Å². The molecule has 4 aromatic carbocycles. The second kappa shape index (κ2) is 48.9. The quantitative estimate of drug-likeness (QED) is 0.0132. The van der Waals surface area contributed by atoms with Crippen LogP contribution in [0, 0.1) is 0 Å². The molecular weight excluding hydrogens is 1680 g/mol. The van der Waals surface area contributed by atoms with E-state index in [9.17, 15) is 72.5 Å². The number of carbonyl (C=O) groups excluding carboxylic acids is 18. The van der Waals surface area contributed by atoms with Gasteiger partial charge in [0.05, 0.1) is 25.6 Å². The number of benzene rings is 4. The van der Waals surface area contributed by atoms with Gasteiger partial charge in [-0.15, -0.1) is 0 Å². The maximum absolute atomic E-state index is 15.7. The average Bonchev–Trinajstić information content (AvgIpc) is 1.39. The molecule has 43 heteroatoms. The molecule has 0 fully saturated rings. The van der Waals surface area contributed by atoms with E-state index in [2.05, 4.69) is 97.4 Å². The second-order valence-electron chi connectivity index (χ2n) is 31.6. The maximum Gasteiger partial charge on any atom is 0.303 e. The Balaban J connectivity index is 1.60. The fraction of sp³-hybridized carbons (Fsp3) is 0.482. The predicted molar refractivity (Wildman–Crippen MR) is 466 cm³/mol. The van der Waals surface area contributed by atoms with Crippen LogP contribution in [0.25, 0.3) is 21.7 Å². The van der Waals surface area contributed by atoms with Gasteiger partial charge in [0.15, 0.2) is 0 Å². The lowest BCUT2D eigenvalue weighted by Crippen LogP contribution is -2.65. The number of H-pyrrole nitrogens is 1. The minimum atomic E-state index is -2.16. The first kappa shape index (κ1) is 104. The highest BCUT2D eigenvalue weighted by atomic mass is 32.1. The zero-order valence-electron chi connectivity index (χ0n) is 71.6. The number of aliphatic carboxylic acids is 1. The first-order valence-electron chi connectivity index (χ1n) is 40.3. The molecule has 0 bridgehead atoms. The third-order valence-corrected chi connectivity index (χ3v) is 20.1. The average molecular weight is 1800 g/mol. The smallest absolute Gasteiger partial charge is 0.303 e. The van der Waals surface area contributed by atoms with Crippen molar-refractivity contribution in [2.75, 3.05) is 32.8 Å². The standard InChI is InChI=1S/C83H115N19O22S2/c1-43(103)67(100-75(118)62(41-89-46(4)106)98-78(121)68(81(6,7)125)92-47(5)107)77(120)96-60(38-52-40-90-55-20-14-13-19-54(52)55)74(117)93-56(27-29-63(84)108)72(115)101-69(82(8,9)126)79(122)97-58(36-48-22-25-53(26-23-48)124-34-33-88-45(3)105)73(116)94-59(37-49-21-24-50-17-11-12-18-51(50)35-49)76(119)102-83(10,31-15-16-32-87-44(2)104)80(123)99-57(28-30-66(111)112)71(114)95-61(39-64(85)109)70(113)91-42-65(86)110/h11-14,17-26,35,40,43,56-62,67-69,90,103,125-126H,15-16,27-34,36-39,41-42H2,1-10H3,(H2,84,108)(H2,85,109)(H2,86,110)(H,87,104)(H,88,105)(H,89,106)(H,91,113)(H,92,107)(H,93,117)(H,94,116)(H,95,114)(H,96,120)(H,97,122)(H,98,121)(H,99,123)(H,100,118)(H,101,115)(H,102,119)(H,111,112)/t43-,56+,57+,58+,59+,60+,61+,62+,67+,68-,69-,83+/m1/s1. The number of rotatable bonds is 52. The number of hydrogen-bond acceptors (Lipinski definition) is 23. The summed E-state index contributed by atoms with van der Waals surface area (Å²) >= 11 is 9.18. The predicted octanol–water partition coefficient (Wildman–Crippen LogP) is -3.55. The number of carboxylic acid groups (broad SMARTS) is 1. The largest absolute Gasteiger partial charge is 0.492 e. The van der Waals surface area contributed by atoms with E-state index in [1.165, 1.54) is 78.9 Å². The van der Waals surface area contributed by atoms with Crippen LogP contribution in [0.15, 0.2) is 97.2 Å². The number of aliphatic hydroxyl groups is 1. The Morgan fingerprint density at radius 1 is 0.460 bits per heavy atom. The summed E-state index contributed by atoms with van der Waals surface area (Å²) in [4.78, 5) is 262. The lowest BCUT2D eigenvalue weighted by atomic mass is 9.91. The molecule has 686 valence electrons. The number of hydrogen-bond donors (Lipinski definition) is 23. The molecule has 0 radical (unpaired) electrons. The number of unbranched alkanes of at least 4 members (excludes halogenated alkanes) is 1. The molecule has 5 aromatic rings. The number of primary amides is 3. The van der Waals surface area contributed by atoms with Gasteiger partial charge in [-0.05, 0) is 119 Å². The Labute approximate surface area is 737 Å². The molecule has 1 aromatic heterocycles. The van der Waals surface area contributed by atoms with Gasteiger partial charge in [-0.2, -0.15) is 25.3 Å². The molecule has 18 amide bonds. The number of fused-ring (bicyclic) bond motifs is 2. The first-order valence-corrected chi connectivity index (χ1v) is 41.2. The van der Waals surface area contributed by atoms with Crippen molar-refractivity contribution in [2.24, 2.45) is 17.2 Å². The molecule has 0 aliphatic heterocycles. The van der Waals surface area contributed by atoms with Gasteiger partial charge in [0.25, 0.3) is 0 Å². The van der Waals surface area contributed by atoms with Crippen LogP contribution in [-0.4, -0.2) is 242 Å². The summed E-state index contributed by atoms with van der Waals surface area (Å²) < 4.78 is 2.92. The summed E-state index contributed by atoms with van der Waals surface area (Å²) in [6.45, 7) is 11.9. The number of aliphatic hydroxyl groups excluding tert-OH is 1. The number of para-hydroxylation sites is 1. The van der Waals surface area contributed by atoms with Crippen molar-refractivity contribution in [3.05, 3.63) is 114 Å². The van der Waals surface area contributed by atoms with E-state index in [1.807, 2.05) is 6.07 Å².